The Kier molecular flexibility index (Phi) is 3.24. The van der Waals surface area contributed by atoms with Crippen molar-refractivity contribution in [1.82, 2.24) is 0 Å². The molecular formula is C10H19NO2S. The van der Waals surface area contributed by atoms with Crippen molar-refractivity contribution in [1.29, 1.82) is 0 Å². The first kappa shape index (κ1) is 10.6. The van der Waals surface area contributed by atoms with Crippen molar-refractivity contribution in [3.05, 3.63) is 0 Å². The van der Waals surface area contributed by atoms with Gasteiger partial charge in [-0.3, -0.25) is 4.21 Å². The number of hydrogen-bond acceptors (Lipinski definition) is 3. The molecule has 1 saturated heterocycles. The van der Waals surface area contributed by atoms with E-state index >= 15 is 0 Å². The first-order valence-electron chi connectivity index (χ1n) is 5.45. The molecule has 0 aromatic rings. The number of hydrogen-bond donors (Lipinski definition) is 1. The van der Waals surface area contributed by atoms with Crippen molar-refractivity contribution in [2.24, 2.45) is 5.73 Å². The van der Waals surface area contributed by atoms with Crippen LogP contribution >= 0.6 is 0 Å². The Morgan fingerprint density at radius 2 is 2.14 bits per heavy atom. The fourth-order valence-electron chi connectivity index (χ4n) is 2.45. The van der Waals surface area contributed by atoms with E-state index in [0.29, 0.717) is 5.25 Å². The minimum absolute atomic E-state index is 0.174. The van der Waals surface area contributed by atoms with Crippen LogP contribution in [0.25, 0.3) is 0 Å². The molecule has 5 unspecified atom stereocenters. The summed E-state index contributed by atoms with van der Waals surface area (Å²) in [6.07, 6.45) is 4.15. The minimum atomic E-state index is -0.726. The molecule has 3 nitrogen and oxygen atoms in total. The highest BCUT2D eigenvalue weighted by atomic mass is 32.2. The first-order valence-corrected chi connectivity index (χ1v) is 6.72. The number of ether oxygens (including phenoxy) is 1. The Labute approximate surface area is 87.8 Å². The highest BCUT2D eigenvalue weighted by Gasteiger charge is 2.36. The van der Waals surface area contributed by atoms with E-state index in [2.05, 4.69) is 0 Å². The number of nitrogens with two attached hydrogens (primary N) is 1. The molecule has 5 atom stereocenters. The van der Waals surface area contributed by atoms with E-state index in [1.54, 1.807) is 0 Å². The third kappa shape index (κ3) is 2.02. The summed E-state index contributed by atoms with van der Waals surface area (Å²) in [7, 11) is -0.726. The van der Waals surface area contributed by atoms with Gasteiger partial charge >= 0.3 is 0 Å². The van der Waals surface area contributed by atoms with Gasteiger partial charge in [0.15, 0.2) is 0 Å². The van der Waals surface area contributed by atoms with Gasteiger partial charge in [0.2, 0.25) is 0 Å². The SMILES string of the molecule is CC1OCCC1S(=O)C1CCC(N)C1. The summed E-state index contributed by atoms with van der Waals surface area (Å²) in [6.45, 7) is 2.81. The fourth-order valence-corrected chi connectivity index (χ4v) is 4.53. The second-order valence-electron chi connectivity index (χ2n) is 4.43. The molecule has 4 heteroatoms. The van der Waals surface area contributed by atoms with Gasteiger partial charge in [-0.25, -0.2) is 0 Å². The van der Waals surface area contributed by atoms with Gasteiger partial charge in [-0.1, -0.05) is 0 Å². The molecule has 1 heterocycles. The van der Waals surface area contributed by atoms with E-state index in [4.69, 9.17) is 10.5 Å². The van der Waals surface area contributed by atoms with Crippen LogP contribution in [0.1, 0.15) is 32.6 Å². The summed E-state index contributed by atoms with van der Waals surface area (Å²) >= 11 is 0. The average molecular weight is 217 g/mol. The molecule has 0 amide bonds. The maximum Gasteiger partial charge on any atom is 0.0691 e. The van der Waals surface area contributed by atoms with Crippen LogP contribution in [-0.2, 0) is 15.5 Å². The van der Waals surface area contributed by atoms with Crippen molar-refractivity contribution >= 4 is 10.8 Å². The zero-order valence-electron chi connectivity index (χ0n) is 8.65. The summed E-state index contributed by atoms with van der Waals surface area (Å²) in [4.78, 5) is 0. The van der Waals surface area contributed by atoms with E-state index < -0.39 is 10.8 Å². The molecular weight excluding hydrogens is 198 g/mol. The lowest BCUT2D eigenvalue weighted by Crippen LogP contribution is -2.30. The molecule has 14 heavy (non-hydrogen) atoms. The molecule has 2 rings (SSSR count). The van der Waals surface area contributed by atoms with Gasteiger partial charge in [-0.15, -0.1) is 0 Å². The smallest absolute Gasteiger partial charge is 0.0691 e. The zero-order chi connectivity index (χ0) is 10.1. The molecule has 0 bridgehead atoms. The number of rotatable bonds is 2. The van der Waals surface area contributed by atoms with Gasteiger partial charge in [0.05, 0.1) is 11.4 Å². The van der Waals surface area contributed by atoms with Gasteiger partial charge in [-0.05, 0) is 32.6 Å². The molecule has 82 valence electrons. The third-order valence-corrected chi connectivity index (χ3v) is 5.66. The Hall–Kier alpha value is 0.0700. The maximum absolute atomic E-state index is 12.2. The average Bonchev–Trinajstić information content (AvgIpc) is 2.73. The van der Waals surface area contributed by atoms with Crippen molar-refractivity contribution in [3.63, 3.8) is 0 Å². The zero-order valence-corrected chi connectivity index (χ0v) is 9.46. The highest BCUT2D eigenvalue weighted by Crippen LogP contribution is 2.29. The molecule has 0 aromatic heterocycles. The van der Waals surface area contributed by atoms with E-state index in [0.717, 1.165) is 32.3 Å². The Bertz CT molecular complexity index is 234. The summed E-state index contributed by atoms with van der Waals surface area (Å²) in [5.74, 6) is 0. The van der Waals surface area contributed by atoms with Crippen molar-refractivity contribution < 1.29 is 8.95 Å². The third-order valence-electron chi connectivity index (χ3n) is 3.36. The lowest BCUT2D eigenvalue weighted by molar-refractivity contribution is 0.126. The molecule has 0 spiro atoms. The van der Waals surface area contributed by atoms with Gasteiger partial charge in [-0.2, -0.15) is 0 Å². The first-order chi connectivity index (χ1) is 6.68. The van der Waals surface area contributed by atoms with E-state index in [1.165, 1.54) is 0 Å². The fraction of sp³-hybridized carbons (Fsp3) is 1.00. The molecule has 2 aliphatic rings. The standard InChI is InChI=1S/C10H19NO2S/c1-7-10(4-5-13-7)14(12)9-3-2-8(11)6-9/h7-10H,2-6,11H2,1H3. The van der Waals surface area contributed by atoms with Gasteiger partial charge in [0, 0.05) is 28.7 Å². The van der Waals surface area contributed by atoms with Crippen molar-refractivity contribution in [2.75, 3.05) is 6.61 Å². The quantitative estimate of drug-likeness (QED) is 0.744. The van der Waals surface area contributed by atoms with Crippen LogP contribution in [0.5, 0.6) is 0 Å². The van der Waals surface area contributed by atoms with Crippen LogP contribution in [0.2, 0.25) is 0 Å². The molecule has 2 N–H and O–H groups in total. The molecule has 2 fully saturated rings. The van der Waals surface area contributed by atoms with Gasteiger partial charge in [0.25, 0.3) is 0 Å². The lowest BCUT2D eigenvalue weighted by atomic mass is 10.2. The largest absolute Gasteiger partial charge is 0.377 e. The monoisotopic (exact) mass is 217 g/mol. The summed E-state index contributed by atoms with van der Waals surface area (Å²) in [6, 6.07) is 0.279. The summed E-state index contributed by atoms with van der Waals surface area (Å²) in [5.41, 5.74) is 5.83. The van der Waals surface area contributed by atoms with Crippen LogP contribution in [0.4, 0.5) is 0 Å². The predicted molar refractivity (Wildman–Crippen MR) is 57.6 cm³/mol. The van der Waals surface area contributed by atoms with Crippen LogP contribution in [-0.4, -0.2) is 33.5 Å². The summed E-state index contributed by atoms with van der Waals surface area (Å²) < 4.78 is 17.6. The van der Waals surface area contributed by atoms with E-state index in [1.807, 2.05) is 6.92 Å². The Morgan fingerprint density at radius 1 is 1.36 bits per heavy atom. The van der Waals surface area contributed by atoms with Crippen molar-refractivity contribution in [3.8, 4) is 0 Å². The molecule has 1 saturated carbocycles. The minimum Gasteiger partial charge on any atom is -0.377 e. The molecule has 0 aromatic carbocycles. The molecule has 1 aliphatic carbocycles. The topological polar surface area (TPSA) is 52.3 Å². The lowest BCUT2D eigenvalue weighted by Gasteiger charge is -2.18. The Balaban J connectivity index is 1.94. The van der Waals surface area contributed by atoms with E-state index in [9.17, 15) is 4.21 Å². The van der Waals surface area contributed by atoms with Crippen LogP contribution in [0.3, 0.4) is 0 Å². The van der Waals surface area contributed by atoms with Crippen LogP contribution in [0, 0.1) is 0 Å². The van der Waals surface area contributed by atoms with Crippen molar-refractivity contribution in [2.45, 2.75) is 55.3 Å². The summed E-state index contributed by atoms with van der Waals surface area (Å²) in [5, 5.41) is 0.587. The predicted octanol–water partition coefficient (Wildman–Crippen LogP) is 0.792. The maximum atomic E-state index is 12.2. The highest BCUT2D eigenvalue weighted by molar-refractivity contribution is 7.86. The normalized spacial score (nSPS) is 45.6. The molecule has 1 aliphatic heterocycles. The molecule has 0 radical (unpaired) electrons. The Morgan fingerprint density at radius 3 is 2.64 bits per heavy atom. The van der Waals surface area contributed by atoms with Crippen LogP contribution < -0.4 is 5.73 Å². The van der Waals surface area contributed by atoms with Crippen LogP contribution in [0.15, 0.2) is 0 Å². The van der Waals surface area contributed by atoms with Gasteiger partial charge in [0.1, 0.15) is 0 Å². The second-order valence-corrected chi connectivity index (χ2v) is 6.36. The van der Waals surface area contributed by atoms with E-state index in [-0.39, 0.29) is 17.4 Å². The second kappa shape index (κ2) is 4.29. The van der Waals surface area contributed by atoms with Gasteiger partial charge < -0.3 is 10.5 Å².